The first-order valence-electron chi connectivity index (χ1n) is 4.64. The van der Waals surface area contributed by atoms with Crippen molar-refractivity contribution in [3.05, 3.63) is 34.5 Å². The van der Waals surface area contributed by atoms with Gasteiger partial charge >= 0.3 is 5.97 Å². The van der Waals surface area contributed by atoms with E-state index in [4.69, 9.17) is 16.7 Å². The van der Waals surface area contributed by atoms with Gasteiger partial charge in [0.2, 0.25) is 0 Å². The fourth-order valence-electron chi connectivity index (χ4n) is 1.11. The molecule has 0 radical (unpaired) electrons. The Morgan fingerprint density at radius 1 is 1.47 bits per heavy atom. The average Bonchev–Trinajstić information content (AvgIpc) is 2.28. The Bertz CT molecular complexity index is 471. The van der Waals surface area contributed by atoms with Gasteiger partial charge in [-0.3, -0.25) is 9.59 Å². The molecule has 0 spiro atoms. The summed E-state index contributed by atoms with van der Waals surface area (Å²) < 4.78 is 0. The molecule has 3 N–H and O–H groups in total. The first-order chi connectivity index (χ1) is 8.02. The number of aromatic hydroxyl groups is 1. The van der Waals surface area contributed by atoms with Crippen LogP contribution in [0.4, 0.5) is 0 Å². The average molecular weight is 256 g/mol. The monoisotopic (exact) mass is 255 g/mol. The van der Waals surface area contributed by atoms with Crippen molar-refractivity contribution in [2.45, 2.75) is 0 Å². The molecule has 0 saturated heterocycles. The minimum absolute atomic E-state index is 0.0463. The molecule has 0 aliphatic heterocycles. The van der Waals surface area contributed by atoms with Gasteiger partial charge in [0.15, 0.2) is 6.29 Å². The number of aliphatic carboxylic acids is 1. The number of hydrogen-bond donors (Lipinski definition) is 3. The van der Waals surface area contributed by atoms with Crippen LogP contribution in [0.1, 0.15) is 5.56 Å². The Morgan fingerprint density at radius 2 is 2.18 bits per heavy atom. The largest absolute Gasteiger partial charge is 0.507 e. The van der Waals surface area contributed by atoms with Crippen molar-refractivity contribution in [1.29, 1.82) is 0 Å². The number of carbonyl (C=O) groups excluding carboxylic acids is 1. The lowest BCUT2D eigenvalue weighted by molar-refractivity contribution is -0.135. The molecule has 0 heterocycles. The Morgan fingerprint density at radius 3 is 2.76 bits per heavy atom. The van der Waals surface area contributed by atoms with E-state index in [1.165, 1.54) is 24.3 Å². The van der Waals surface area contributed by atoms with E-state index in [0.29, 0.717) is 16.9 Å². The van der Waals surface area contributed by atoms with Gasteiger partial charge < -0.3 is 15.5 Å². The molecule has 6 heteroatoms. The van der Waals surface area contributed by atoms with Gasteiger partial charge in [0, 0.05) is 10.6 Å². The standard InChI is InChI=1S/C11H10ClNO4/c12-8-1-2-10(15)7(3-8)4-9(6-14)13-5-11(16)17/h1-4,6,13,15H,5H2,(H,16,17). The molecule has 1 rings (SSSR count). The van der Waals surface area contributed by atoms with Gasteiger partial charge in [0.25, 0.3) is 0 Å². The van der Waals surface area contributed by atoms with Crippen LogP contribution in [0.25, 0.3) is 6.08 Å². The van der Waals surface area contributed by atoms with Gasteiger partial charge in [-0.2, -0.15) is 0 Å². The van der Waals surface area contributed by atoms with Gasteiger partial charge in [0.1, 0.15) is 12.3 Å². The fourth-order valence-corrected chi connectivity index (χ4v) is 1.29. The van der Waals surface area contributed by atoms with Crippen LogP contribution < -0.4 is 5.32 Å². The van der Waals surface area contributed by atoms with E-state index in [1.54, 1.807) is 0 Å². The van der Waals surface area contributed by atoms with E-state index in [0.717, 1.165) is 0 Å². The molecule has 0 unspecified atom stereocenters. The number of rotatable bonds is 5. The third-order valence-electron chi connectivity index (χ3n) is 1.87. The van der Waals surface area contributed by atoms with E-state index in [9.17, 15) is 14.7 Å². The molecule has 5 nitrogen and oxygen atoms in total. The molecule has 0 saturated carbocycles. The number of phenolic OH excluding ortho intramolecular Hbond substituents is 1. The van der Waals surface area contributed by atoms with Crippen molar-refractivity contribution in [3.63, 3.8) is 0 Å². The predicted molar refractivity (Wildman–Crippen MR) is 62.8 cm³/mol. The van der Waals surface area contributed by atoms with Gasteiger partial charge in [-0.1, -0.05) is 11.6 Å². The lowest BCUT2D eigenvalue weighted by Gasteiger charge is -2.04. The van der Waals surface area contributed by atoms with Crippen LogP contribution >= 0.6 is 11.6 Å². The summed E-state index contributed by atoms with van der Waals surface area (Å²) in [7, 11) is 0. The molecular formula is C11H10ClNO4. The minimum Gasteiger partial charge on any atom is -0.507 e. The summed E-state index contributed by atoms with van der Waals surface area (Å²) in [5.41, 5.74) is 0.377. The number of carbonyl (C=O) groups is 2. The summed E-state index contributed by atoms with van der Waals surface area (Å²) >= 11 is 5.73. The maximum Gasteiger partial charge on any atom is 0.322 e. The molecule has 0 aliphatic carbocycles. The van der Waals surface area contributed by atoms with Crippen LogP contribution in [0.3, 0.4) is 0 Å². The van der Waals surface area contributed by atoms with Crippen LogP contribution in [0.5, 0.6) is 5.75 Å². The van der Waals surface area contributed by atoms with Crippen LogP contribution in [0, 0.1) is 0 Å². The van der Waals surface area contributed by atoms with Crippen molar-refractivity contribution in [3.8, 4) is 5.75 Å². The van der Waals surface area contributed by atoms with E-state index < -0.39 is 5.97 Å². The second-order valence-corrected chi connectivity index (χ2v) is 3.60. The number of nitrogens with one attached hydrogen (secondary N) is 1. The van der Waals surface area contributed by atoms with Gasteiger partial charge in [-0.05, 0) is 24.3 Å². The van der Waals surface area contributed by atoms with Crippen molar-refractivity contribution >= 4 is 29.9 Å². The Hall–Kier alpha value is -2.01. The second-order valence-electron chi connectivity index (χ2n) is 3.17. The molecule has 0 fully saturated rings. The summed E-state index contributed by atoms with van der Waals surface area (Å²) in [6.07, 6.45) is 1.78. The molecular weight excluding hydrogens is 246 g/mol. The summed E-state index contributed by atoms with van der Waals surface area (Å²) in [5, 5.41) is 20.7. The second kappa shape index (κ2) is 5.91. The Kier molecular flexibility index (Phi) is 4.54. The molecule has 90 valence electrons. The summed E-state index contributed by atoms with van der Waals surface area (Å²) in [6, 6.07) is 4.34. The van der Waals surface area contributed by atoms with E-state index in [1.807, 2.05) is 0 Å². The van der Waals surface area contributed by atoms with Gasteiger partial charge in [-0.15, -0.1) is 0 Å². The number of carboxylic acids is 1. The maximum atomic E-state index is 10.7. The third kappa shape index (κ3) is 4.16. The molecule has 0 amide bonds. The highest BCUT2D eigenvalue weighted by atomic mass is 35.5. The van der Waals surface area contributed by atoms with Crippen molar-refractivity contribution in [2.75, 3.05) is 6.54 Å². The number of aldehydes is 1. The number of carboxylic acid groups (broad SMARTS) is 1. The van der Waals surface area contributed by atoms with E-state index in [-0.39, 0.29) is 18.0 Å². The highest BCUT2D eigenvalue weighted by Crippen LogP contribution is 2.23. The highest BCUT2D eigenvalue weighted by Gasteiger charge is 2.03. The van der Waals surface area contributed by atoms with Crippen molar-refractivity contribution < 1.29 is 19.8 Å². The van der Waals surface area contributed by atoms with Crippen LogP contribution in [-0.2, 0) is 9.59 Å². The van der Waals surface area contributed by atoms with Gasteiger partial charge in [0.05, 0.1) is 5.70 Å². The minimum atomic E-state index is -1.09. The Balaban J connectivity index is 2.93. The number of benzene rings is 1. The number of halogens is 1. The predicted octanol–water partition coefficient (Wildman–Crippen LogP) is 1.26. The zero-order chi connectivity index (χ0) is 12.8. The molecule has 1 aromatic rings. The third-order valence-corrected chi connectivity index (χ3v) is 2.11. The quantitative estimate of drug-likeness (QED) is 0.545. The summed E-state index contributed by atoms with van der Waals surface area (Å²) in [4.78, 5) is 21.0. The number of allylic oxidation sites excluding steroid dienone is 1. The number of hydrogen-bond acceptors (Lipinski definition) is 4. The lowest BCUT2D eigenvalue weighted by Crippen LogP contribution is -2.22. The molecule has 0 aliphatic rings. The normalized spacial score (nSPS) is 11.0. The topological polar surface area (TPSA) is 86.6 Å². The molecule has 0 bridgehead atoms. The van der Waals surface area contributed by atoms with Gasteiger partial charge in [-0.25, -0.2) is 0 Å². The molecule has 17 heavy (non-hydrogen) atoms. The fraction of sp³-hybridized carbons (Fsp3) is 0.0909. The molecule has 0 aromatic heterocycles. The lowest BCUT2D eigenvalue weighted by atomic mass is 10.1. The van der Waals surface area contributed by atoms with E-state index >= 15 is 0 Å². The van der Waals surface area contributed by atoms with Crippen LogP contribution in [0.15, 0.2) is 23.9 Å². The molecule has 0 atom stereocenters. The SMILES string of the molecule is O=CC(=Cc1cc(Cl)ccc1O)NCC(=O)O. The molecule has 1 aromatic carbocycles. The Labute approximate surface area is 102 Å². The van der Waals surface area contributed by atoms with Crippen molar-refractivity contribution in [1.82, 2.24) is 5.32 Å². The van der Waals surface area contributed by atoms with Crippen molar-refractivity contribution in [2.24, 2.45) is 0 Å². The smallest absolute Gasteiger partial charge is 0.322 e. The zero-order valence-corrected chi connectivity index (χ0v) is 9.44. The van der Waals surface area contributed by atoms with Crippen LogP contribution in [0.2, 0.25) is 5.02 Å². The number of phenols is 1. The maximum absolute atomic E-state index is 10.7. The first-order valence-corrected chi connectivity index (χ1v) is 5.02. The first kappa shape index (κ1) is 13.1. The highest BCUT2D eigenvalue weighted by molar-refractivity contribution is 6.30. The van der Waals surface area contributed by atoms with E-state index in [2.05, 4.69) is 5.32 Å². The summed E-state index contributed by atoms with van der Waals surface area (Å²) in [6.45, 7) is -0.383. The van der Waals surface area contributed by atoms with Crippen LogP contribution in [-0.4, -0.2) is 29.0 Å². The zero-order valence-electron chi connectivity index (χ0n) is 8.68. The summed E-state index contributed by atoms with van der Waals surface area (Å²) in [5.74, 6) is -1.14.